The predicted molar refractivity (Wildman–Crippen MR) is 185 cm³/mol. The lowest BCUT2D eigenvalue weighted by molar-refractivity contribution is -0.142. The number of piperidine rings is 1. The molecule has 0 aromatic heterocycles. The Bertz CT molecular complexity index is 1430. The molecule has 1 N–H and O–H groups in total. The number of likely N-dealkylation sites (N-methyl/N-ethyl adjacent to an activating group) is 1. The molecule has 2 aromatic carbocycles. The first-order valence-corrected chi connectivity index (χ1v) is 18.3. The van der Waals surface area contributed by atoms with Gasteiger partial charge >= 0.3 is 5.97 Å². The van der Waals surface area contributed by atoms with Crippen LogP contribution in [0.5, 0.6) is 17.2 Å². The van der Waals surface area contributed by atoms with Crippen LogP contribution in [-0.4, -0.2) is 64.6 Å². The summed E-state index contributed by atoms with van der Waals surface area (Å²) < 4.78 is 12.5. The number of carbonyl (C=O) groups excluding carboxylic acids is 2. The molecule has 7 nitrogen and oxygen atoms in total. The number of hydrogen-bond donors (Lipinski definition) is 1. The smallest absolute Gasteiger partial charge is 0.308 e. The van der Waals surface area contributed by atoms with E-state index < -0.39 is 5.97 Å². The number of benzene rings is 2. The van der Waals surface area contributed by atoms with Gasteiger partial charge in [-0.05, 0) is 69.9 Å². The van der Waals surface area contributed by atoms with Gasteiger partial charge < -0.3 is 19.5 Å². The molecule has 2 heterocycles. The monoisotopic (exact) mass is 642 g/mol. The van der Waals surface area contributed by atoms with Crippen molar-refractivity contribution >= 4 is 11.9 Å². The standard InChI is InChI=1S/C40H54N2O5/c1-4-24-41-25-23-40-31-21-22-32(39(40)47-38-35(46-28(3)43)27-34(44)30(37(38)40)26-33(31)41)42(5-2)36(45)20-16-11-9-7-6-8-10-13-17-29-18-14-12-15-19-29/h4,12,14-15,18-19,27,31-33,39,44H,1,5-11,13,16-17,20-26H2,2-3H3/t31-,32-,33+,39-,40-/m0/s1. The molecule has 5 atom stereocenters. The third-order valence-corrected chi connectivity index (χ3v) is 11.6. The molecule has 2 aliphatic heterocycles. The first-order chi connectivity index (χ1) is 22.9. The molecule has 6 rings (SSSR count). The van der Waals surface area contributed by atoms with E-state index in [1.807, 2.05) is 6.08 Å². The zero-order valence-electron chi connectivity index (χ0n) is 28.6. The van der Waals surface area contributed by atoms with Gasteiger partial charge in [0.15, 0.2) is 11.5 Å². The minimum Gasteiger partial charge on any atom is -0.508 e. The van der Waals surface area contributed by atoms with Crippen molar-refractivity contribution in [2.45, 2.75) is 127 Å². The van der Waals surface area contributed by atoms with Crippen LogP contribution in [0.1, 0.15) is 108 Å². The number of carbonyl (C=O) groups is 2. The van der Waals surface area contributed by atoms with Crippen molar-refractivity contribution in [3.8, 4) is 17.2 Å². The van der Waals surface area contributed by atoms with Crippen LogP contribution in [0.15, 0.2) is 49.1 Å². The van der Waals surface area contributed by atoms with Crippen LogP contribution in [-0.2, 0) is 27.8 Å². The lowest BCUT2D eigenvalue weighted by Crippen LogP contribution is -2.69. The maximum atomic E-state index is 13.8. The van der Waals surface area contributed by atoms with Gasteiger partial charge in [-0.2, -0.15) is 0 Å². The van der Waals surface area contributed by atoms with Crippen molar-refractivity contribution < 1.29 is 24.2 Å². The molecule has 1 amide bonds. The second kappa shape index (κ2) is 14.8. The van der Waals surface area contributed by atoms with Crippen LogP contribution in [0.2, 0.25) is 0 Å². The molecule has 2 bridgehead atoms. The molecule has 0 unspecified atom stereocenters. The summed E-state index contributed by atoms with van der Waals surface area (Å²) in [7, 11) is 0. The average molecular weight is 643 g/mol. The van der Waals surface area contributed by atoms with Crippen molar-refractivity contribution in [2.75, 3.05) is 19.6 Å². The number of ether oxygens (including phenoxy) is 2. The van der Waals surface area contributed by atoms with Gasteiger partial charge in [0.25, 0.3) is 0 Å². The minimum atomic E-state index is -0.437. The fourth-order valence-electron chi connectivity index (χ4n) is 9.64. The maximum absolute atomic E-state index is 13.8. The first-order valence-electron chi connectivity index (χ1n) is 18.3. The van der Waals surface area contributed by atoms with Crippen LogP contribution in [0.3, 0.4) is 0 Å². The number of aromatic hydroxyl groups is 1. The Morgan fingerprint density at radius 2 is 1.81 bits per heavy atom. The molecule has 2 aliphatic carbocycles. The molecule has 1 saturated heterocycles. The fourth-order valence-corrected chi connectivity index (χ4v) is 9.64. The number of aryl methyl sites for hydroxylation is 1. The Morgan fingerprint density at radius 1 is 1.09 bits per heavy atom. The van der Waals surface area contributed by atoms with E-state index >= 15 is 0 Å². The molecule has 0 radical (unpaired) electrons. The Labute approximate surface area is 281 Å². The minimum absolute atomic E-state index is 0.0584. The van der Waals surface area contributed by atoms with Crippen molar-refractivity contribution in [1.29, 1.82) is 0 Å². The van der Waals surface area contributed by atoms with Crippen LogP contribution in [0.25, 0.3) is 0 Å². The number of unbranched alkanes of at least 4 members (excludes halogenated alkanes) is 7. The number of esters is 1. The van der Waals surface area contributed by atoms with Gasteiger partial charge in [-0.15, -0.1) is 6.58 Å². The molecule has 2 aromatic rings. The first kappa shape index (κ1) is 33.6. The summed E-state index contributed by atoms with van der Waals surface area (Å²) in [6.07, 6.45) is 16.5. The summed E-state index contributed by atoms with van der Waals surface area (Å²) in [4.78, 5) is 30.5. The second-order valence-corrected chi connectivity index (χ2v) is 14.3. The third-order valence-electron chi connectivity index (χ3n) is 11.6. The Morgan fingerprint density at radius 3 is 2.51 bits per heavy atom. The van der Waals surface area contributed by atoms with Gasteiger partial charge in [-0.25, -0.2) is 0 Å². The molecule has 47 heavy (non-hydrogen) atoms. The van der Waals surface area contributed by atoms with Gasteiger partial charge in [0.2, 0.25) is 5.91 Å². The number of phenols is 1. The summed E-state index contributed by atoms with van der Waals surface area (Å²) in [5, 5.41) is 11.3. The van der Waals surface area contributed by atoms with Gasteiger partial charge in [-0.1, -0.05) is 74.9 Å². The molecular weight excluding hydrogens is 588 g/mol. The van der Waals surface area contributed by atoms with E-state index in [4.69, 9.17) is 9.47 Å². The zero-order valence-corrected chi connectivity index (χ0v) is 28.6. The average Bonchev–Trinajstić information content (AvgIpc) is 3.40. The maximum Gasteiger partial charge on any atom is 0.308 e. The Balaban J connectivity index is 1.08. The van der Waals surface area contributed by atoms with Gasteiger partial charge in [0.05, 0.1) is 6.04 Å². The number of hydrogen-bond acceptors (Lipinski definition) is 6. The van der Waals surface area contributed by atoms with E-state index in [0.717, 1.165) is 62.7 Å². The number of phenolic OH excluding ortho intramolecular Hbond substituents is 1. The topological polar surface area (TPSA) is 79.3 Å². The van der Waals surface area contributed by atoms with Crippen LogP contribution < -0.4 is 9.47 Å². The fraction of sp³-hybridized carbons (Fsp3) is 0.600. The molecule has 7 heteroatoms. The quantitative estimate of drug-likeness (QED) is 0.0884. The highest BCUT2D eigenvalue weighted by atomic mass is 16.6. The van der Waals surface area contributed by atoms with Gasteiger partial charge in [0.1, 0.15) is 11.9 Å². The molecule has 1 saturated carbocycles. The highest BCUT2D eigenvalue weighted by Gasteiger charge is 2.67. The van der Waals surface area contributed by atoms with E-state index in [0.29, 0.717) is 30.4 Å². The molecule has 254 valence electrons. The normalized spacial score (nSPS) is 25.5. The highest BCUT2D eigenvalue weighted by Crippen LogP contribution is 2.65. The third kappa shape index (κ3) is 6.57. The van der Waals surface area contributed by atoms with E-state index in [1.165, 1.54) is 57.4 Å². The molecular formula is C40H54N2O5. The largest absolute Gasteiger partial charge is 0.508 e. The van der Waals surface area contributed by atoms with Gasteiger partial charge in [0, 0.05) is 55.1 Å². The van der Waals surface area contributed by atoms with Gasteiger partial charge in [-0.3, -0.25) is 14.5 Å². The molecule has 2 fully saturated rings. The zero-order chi connectivity index (χ0) is 33.0. The Kier molecular flexibility index (Phi) is 10.6. The van der Waals surface area contributed by atoms with E-state index in [9.17, 15) is 14.7 Å². The summed E-state index contributed by atoms with van der Waals surface area (Å²) in [6.45, 7) is 9.84. The van der Waals surface area contributed by atoms with E-state index in [-0.39, 0.29) is 35.3 Å². The summed E-state index contributed by atoms with van der Waals surface area (Å²) in [5.74, 6) is 1.19. The summed E-state index contributed by atoms with van der Waals surface area (Å²) in [5.41, 5.74) is 3.06. The number of nitrogens with zero attached hydrogens (tertiary/aromatic N) is 2. The lowest BCUT2D eigenvalue weighted by atomic mass is 9.50. The highest BCUT2D eigenvalue weighted by molar-refractivity contribution is 5.77. The SMILES string of the molecule is C=CCN1CC[C@]23c4c5c(O)cc(OC(C)=O)c4O[C@H]2[C@@H](N(CC)C(=O)CCCCCCCCCCc2ccccc2)CC[C@H]3[C@H]1C5. The van der Waals surface area contributed by atoms with Crippen molar-refractivity contribution in [1.82, 2.24) is 9.80 Å². The van der Waals surface area contributed by atoms with Crippen molar-refractivity contribution in [3.63, 3.8) is 0 Å². The lowest BCUT2D eigenvalue weighted by Gasteiger charge is -2.60. The molecule has 4 aliphatic rings. The number of rotatable bonds is 16. The van der Waals surface area contributed by atoms with E-state index in [1.54, 1.807) is 6.07 Å². The van der Waals surface area contributed by atoms with Crippen molar-refractivity contribution in [3.05, 3.63) is 65.7 Å². The van der Waals surface area contributed by atoms with Crippen LogP contribution in [0.4, 0.5) is 0 Å². The van der Waals surface area contributed by atoms with Crippen molar-refractivity contribution in [2.24, 2.45) is 5.92 Å². The summed E-state index contributed by atoms with van der Waals surface area (Å²) in [6, 6.07) is 12.5. The number of amides is 1. The predicted octanol–water partition coefficient (Wildman–Crippen LogP) is 7.51. The Hall–Kier alpha value is -3.32. The number of likely N-dealkylation sites (tertiary alicyclic amines) is 1. The second-order valence-electron chi connectivity index (χ2n) is 14.3. The van der Waals surface area contributed by atoms with Crippen LogP contribution >= 0.6 is 0 Å². The van der Waals surface area contributed by atoms with E-state index in [2.05, 4.69) is 53.6 Å². The summed E-state index contributed by atoms with van der Waals surface area (Å²) >= 11 is 0. The molecule has 1 spiro atoms. The van der Waals surface area contributed by atoms with Crippen LogP contribution in [0, 0.1) is 5.92 Å².